The molecular weight excluding hydrogens is 373 g/mol. The highest BCUT2D eigenvalue weighted by Crippen LogP contribution is 2.26. The van der Waals surface area contributed by atoms with E-state index in [1.807, 2.05) is 31.2 Å². The zero-order valence-electron chi connectivity index (χ0n) is 11.7. The molecule has 20 heavy (non-hydrogen) atoms. The molecule has 6 heteroatoms. The second-order valence-electron chi connectivity index (χ2n) is 4.60. The molecule has 1 amide bonds. The van der Waals surface area contributed by atoms with E-state index in [-0.39, 0.29) is 18.8 Å². The average molecular weight is 393 g/mol. The van der Waals surface area contributed by atoms with Crippen molar-refractivity contribution >= 4 is 28.7 Å². The van der Waals surface area contributed by atoms with Crippen molar-refractivity contribution in [3.8, 4) is 0 Å². The molecule has 5 nitrogen and oxygen atoms in total. The van der Waals surface area contributed by atoms with Gasteiger partial charge in [-0.15, -0.1) is 0 Å². The van der Waals surface area contributed by atoms with Crippen LogP contribution in [0.1, 0.15) is 25.0 Å². The molecule has 2 N–H and O–H groups in total. The molecule has 0 bridgehead atoms. The van der Waals surface area contributed by atoms with Gasteiger partial charge in [-0.3, -0.25) is 0 Å². The number of halogens is 1. The van der Waals surface area contributed by atoms with Crippen LogP contribution in [0.3, 0.4) is 0 Å². The summed E-state index contributed by atoms with van der Waals surface area (Å²) in [4.78, 5) is 11.1. The van der Waals surface area contributed by atoms with Crippen molar-refractivity contribution < 1.29 is 19.0 Å². The maximum atomic E-state index is 11.1. The SMILES string of the molecule is COCOC[C@H](C)C[C@@H](OC(N)=O)c1cccc(I)c1. The second kappa shape index (κ2) is 9.15. The average Bonchev–Trinajstić information content (AvgIpc) is 2.38. The summed E-state index contributed by atoms with van der Waals surface area (Å²) >= 11 is 2.22. The lowest BCUT2D eigenvalue weighted by molar-refractivity contribution is -0.0465. The van der Waals surface area contributed by atoms with Crippen LogP contribution >= 0.6 is 22.6 Å². The normalized spacial score (nSPS) is 13.8. The van der Waals surface area contributed by atoms with Gasteiger partial charge in [-0.1, -0.05) is 19.1 Å². The molecular formula is C14H20INO4. The molecule has 1 aromatic rings. The molecule has 0 heterocycles. The van der Waals surface area contributed by atoms with Gasteiger partial charge >= 0.3 is 6.09 Å². The largest absolute Gasteiger partial charge is 0.442 e. The van der Waals surface area contributed by atoms with Gasteiger partial charge in [-0.05, 0) is 52.6 Å². The molecule has 112 valence electrons. The zero-order chi connectivity index (χ0) is 15.0. The molecule has 0 saturated carbocycles. The van der Waals surface area contributed by atoms with E-state index in [1.165, 1.54) is 0 Å². The predicted octanol–water partition coefficient (Wildman–Crippen LogP) is 3.07. The third-order valence-electron chi connectivity index (χ3n) is 2.70. The minimum atomic E-state index is -0.765. The quantitative estimate of drug-likeness (QED) is 0.419. The number of hydrogen-bond acceptors (Lipinski definition) is 4. The van der Waals surface area contributed by atoms with Crippen LogP contribution in [-0.2, 0) is 14.2 Å². The lowest BCUT2D eigenvalue weighted by atomic mass is 9.98. The number of ether oxygens (including phenoxy) is 3. The summed E-state index contributed by atoms with van der Waals surface area (Å²) in [6, 6.07) is 7.83. The third-order valence-corrected chi connectivity index (χ3v) is 3.37. The highest BCUT2D eigenvalue weighted by molar-refractivity contribution is 14.1. The van der Waals surface area contributed by atoms with Crippen molar-refractivity contribution in [2.75, 3.05) is 20.5 Å². The Morgan fingerprint density at radius 2 is 2.20 bits per heavy atom. The van der Waals surface area contributed by atoms with Gasteiger partial charge in [0, 0.05) is 10.7 Å². The number of hydrogen-bond donors (Lipinski definition) is 1. The van der Waals surface area contributed by atoms with Crippen LogP contribution < -0.4 is 5.73 Å². The van der Waals surface area contributed by atoms with Crippen LogP contribution in [0.5, 0.6) is 0 Å². The second-order valence-corrected chi connectivity index (χ2v) is 5.84. The predicted molar refractivity (Wildman–Crippen MR) is 84.2 cm³/mol. The van der Waals surface area contributed by atoms with E-state index in [4.69, 9.17) is 19.9 Å². The van der Waals surface area contributed by atoms with Crippen LogP contribution in [0.25, 0.3) is 0 Å². The summed E-state index contributed by atoms with van der Waals surface area (Å²) in [6.07, 6.45) is -0.477. The molecule has 0 saturated heterocycles. The molecule has 0 fully saturated rings. The first-order valence-corrected chi connectivity index (χ1v) is 7.39. The number of primary amides is 1. The summed E-state index contributed by atoms with van der Waals surface area (Å²) in [6.45, 7) is 2.83. The standard InChI is InChI=1S/C14H20INO4/c1-10(8-19-9-18-2)6-13(20-14(16)17)11-4-3-5-12(15)7-11/h3-5,7,10,13H,6,8-9H2,1-2H3,(H2,16,17)/t10-,13-/m1/s1. The fraction of sp³-hybridized carbons (Fsp3) is 0.500. The zero-order valence-corrected chi connectivity index (χ0v) is 13.8. The Hall–Kier alpha value is -0.860. The van der Waals surface area contributed by atoms with Crippen molar-refractivity contribution in [3.63, 3.8) is 0 Å². The summed E-state index contributed by atoms with van der Waals surface area (Å²) in [5.74, 6) is 0.215. The number of carbonyl (C=O) groups excluding carboxylic acids is 1. The Kier molecular flexibility index (Phi) is 7.86. The Labute approximate surface area is 132 Å². The minimum absolute atomic E-state index is 0.215. The van der Waals surface area contributed by atoms with E-state index in [0.29, 0.717) is 13.0 Å². The summed E-state index contributed by atoms with van der Waals surface area (Å²) in [5.41, 5.74) is 6.09. The fourth-order valence-electron chi connectivity index (χ4n) is 1.87. The van der Waals surface area contributed by atoms with Crippen molar-refractivity contribution in [2.45, 2.75) is 19.4 Å². The Morgan fingerprint density at radius 3 is 2.80 bits per heavy atom. The smallest absolute Gasteiger partial charge is 0.405 e. The van der Waals surface area contributed by atoms with E-state index < -0.39 is 6.09 Å². The Morgan fingerprint density at radius 1 is 1.45 bits per heavy atom. The molecule has 1 rings (SSSR count). The molecule has 0 aliphatic rings. The topological polar surface area (TPSA) is 70.8 Å². The van der Waals surface area contributed by atoms with Gasteiger partial charge in [-0.25, -0.2) is 4.79 Å². The summed E-state index contributed by atoms with van der Waals surface area (Å²) in [5, 5.41) is 0. The van der Waals surface area contributed by atoms with E-state index in [1.54, 1.807) is 7.11 Å². The number of methoxy groups -OCH3 is 1. The molecule has 0 aromatic heterocycles. The van der Waals surface area contributed by atoms with Crippen molar-refractivity contribution in [1.82, 2.24) is 0 Å². The number of carbonyl (C=O) groups is 1. The minimum Gasteiger partial charge on any atom is -0.442 e. The Balaban J connectivity index is 2.67. The molecule has 0 spiro atoms. The van der Waals surface area contributed by atoms with Gasteiger partial charge in [0.05, 0.1) is 6.61 Å². The van der Waals surface area contributed by atoms with Gasteiger partial charge in [0.15, 0.2) is 0 Å². The highest BCUT2D eigenvalue weighted by atomic mass is 127. The van der Waals surface area contributed by atoms with E-state index in [2.05, 4.69) is 22.6 Å². The van der Waals surface area contributed by atoms with E-state index in [9.17, 15) is 4.79 Å². The number of benzene rings is 1. The maximum absolute atomic E-state index is 11.1. The molecule has 0 radical (unpaired) electrons. The fourth-order valence-corrected chi connectivity index (χ4v) is 2.43. The summed E-state index contributed by atoms with van der Waals surface area (Å²) in [7, 11) is 1.58. The monoisotopic (exact) mass is 393 g/mol. The van der Waals surface area contributed by atoms with Crippen LogP contribution in [0.4, 0.5) is 4.79 Å². The van der Waals surface area contributed by atoms with Crippen LogP contribution in [0.15, 0.2) is 24.3 Å². The molecule has 1 aromatic carbocycles. The van der Waals surface area contributed by atoms with Crippen molar-refractivity contribution in [2.24, 2.45) is 11.7 Å². The van der Waals surface area contributed by atoms with Gasteiger partial charge < -0.3 is 19.9 Å². The van der Waals surface area contributed by atoms with Gasteiger partial charge in [0.25, 0.3) is 0 Å². The first-order chi connectivity index (χ1) is 9.52. The first kappa shape index (κ1) is 17.2. The van der Waals surface area contributed by atoms with Gasteiger partial charge in [0.2, 0.25) is 0 Å². The molecule has 0 aliphatic carbocycles. The van der Waals surface area contributed by atoms with Crippen LogP contribution in [0, 0.1) is 9.49 Å². The maximum Gasteiger partial charge on any atom is 0.405 e. The van der Waals surface area contributed by atoms with Crippen molar-refractivity contribution in [1.29, 1.82) is 0 Å². The first-order valence-electron chi connectivity index (χ1n) is 6.31. The lowest BCUT2D eigenvalue weighted by Crippen LogP contribution is -2.20. The molecule has 2 atom stereocenters. The van der Waals surface area contributed by atoms with E-state index in [0.717, 1.165) is 9.13 Å². The Bertz CT molecular complexity index is 427. The summed E-state index contributed by atoms with van der Waals surface area (Å²) < 4.78 is 16.4. The number of rotatable bonds is 8. The number of nitrogens with two attached hydrogens (primary N) is 1. The molecule has 0 aliphatic heterocycles. The highest BCUT2D eigenvalue weighted by Gasteiger charge is 2.19. The van der Waals surface area contributed by atoms with Crippen LogP contribution in [-0.4, -0.2) is 26.6 Å². The third kappa shape index (κ3) is 6.53. The molecule has 0 unspecified atom stereocenters. The lowest BCUT2D eigenvalue weighted by Gasteiger charge is -2.21. The van der Waals surface area contributed by atoms with E-state index >= 15 is 0 Å². The number of amides is 1. The van der Waals surface area contributed by atoms with Crippen molar-refractivity contribution in [3.05, 3.63) is 33.4 Å². The van der Waals surface area contributed by atoms with Gasteiger partial charge in [-0.2, -0.15) is 0 Å². The van der Waals surface area contributed by atoms with Gasteiger partial charge in [0.1, 0.15) is 12.9 Å². The van der Waals surface area contributed by atoms with Crippen LogP contribution in [0.2, 0.25) is 0 Å².